The lowest BCUT2D eigenvalue weighted by Gasteiger charge is -2.28. The number of fused-ring (bicyclic) bond motifs is 7. The monoisotopic (exact) mass is 729 g/mol. The van der Waals surface area contributed by atoms with Crippen molar-refractivity contribution in [2.45, 2.75) is 19.3 Å². The van der Waals surface area contributed by atoms with Crippen LogP contribution in [0.15, 0.2) is 205 Å². The molecule has 270 valence electrons. The molecule has 2 heteroatoms. The summed E-state index contributed by atoms with van der Waals surface area (Å²) in [5, 5.41) is 4.58. The van der Waals surface area contributed by atoms with Gasteiger partial charge >= 0.3 is 0 Å². The van der Waals surface area contributed by atoms with Crippen LogP contribution in [0.25, 0.3) is 77.2 Å². The second-order valence-corrected chi connectivity index (χ2v) is 15.7. The first-order chi connectivity index (χ1) is 28.0. The zero-order chi connectivity index (χ0) is 38.1. The highest BCUT2D eigenvalue weighted by Crippen LogP contribution is 2.52. The molecular weight excluding hydrogens is 691 g/mol. The van der Waals surface area contributed by atoms with Crippen molar-refractivity contribution in [3.63, 3.8) is 0 Å². The fraction of sp³-hybridized carbons (Fsp3) is 0.0545. The van der Waals surface area contributed by atoms with Crippen LogP contribution in [0.3, 0.4) is 0 Å². The van der Waals surface area contributed by atoms with Crippen molar-refractivity contribution in [3.8, 4) is 44.5 Å². The minimum Gasteiger partial charge on any atom is -0.453 e. The van der Waals surface area contributed by atoms with Crippen molar-refractivity contribution in [1.29, 1.82) is 0 Å². The van der Waals surface area contributed by atoms with E-state index in [0.717, 1.165) is 55.7 Å². The molecule has 0 amide bonds. The van der Waals surface area contributed by atoms with Crippen molar-refractivity contribution >= 4 is 49.8 Å². The lowest BCUT2D eigenvalue weighted by Crippen LogP contribution is -2.14. The molecule has 0 atom stereocenters. The van der Waals surface area contributed by atoms with Crippen LogP contribution in [-0.4, -0.2) is 0 Å². The van der Waals surface area contributed by atoms with Gasteiger partial charge in [0.05, 0.1) is 11.4 Å². The van der Waals surface area contributed by atoms with E-state index in [4.69, 9.17) is 4.42 Å². The molecule has 0 spiro atoms. The average molecular weight is 730 g/mol. The lowest BCUT2D eigenvalue weighted by atomic mass is 9.81. The van der Waals surface area contributed by atoms with E-state index < -0.39 is 0 Å². The molecule has 0 N–H and O–H groups in total. The molecule has 0 unspecified atom stereocenters. The molecule has 57 heavy (non-hydrogen) atoms. The predicted molar refractivity (Wildman–Crippen MR) is 240 cm³/mol. The molecule has 11 rings (SSSR count). The maximum Gasteiger partial charge on any atom is 0.159 e. The molecule has 9 aromatic carbocycles. The Labute approximate surface area is 332 Å². The molecule has 1 aromatic heterocycles. The van der Waals surface area contributed by atoms with Gasteiger partial charge in [0.25, 0.3) is 0 Å². The van der Waals surface area contributed by atoms with E-state index >= 15 is 0 Å². The number of rotatable bonds is 6. The van der Waals surface area contributed by atoms with Gasteiger partial charge in [0.1, 0.15) is 5.58 Å². The van der Waals surface area contributed by atoms with Crippen molar-refractivity contribution in [1.82, 2.24) is 0 Å². The highest BCUT2D eigenvalue weighted by Gasteiger charge is 2.35. The number of hydrogen-bond donors (Lipinski definition) is 0. The number of benzene rings is 9. The molecule has 0 saturated heterocycles. The fourth-order valence-corrected chi connectivity index (χ4v) is 9.28. The minimum absolute atomic E-state index is 0.116. The second kappa shape index (κ2) is 13.0. The van der Waals surface area contributed by atoms with Gasteiger partial charge < -0.3 is 9.32 Å². The highest BCUT2D eigenvalue weighted by atomic mass is 16.3. The summed E-state index contributed by atoms with van der Waals surface area (Å²) in [5.41, 5.74) is 17.1. The third-order valence-electron chi connectivity index (χ3n) is 12.1. The summed E-state index contributed by atoms with van der Waals surface area (Å²) in [6.45, 7) is 4.70. The predicted octanol–water partition coefficient (Wildman–Crippen LogP) is 15.5. The molecule has 0 aliphatic heterocycles. The first-order valence-electron chi connectivity index (χ1n) is 19.8. The van der Waals surface area contributed by atoms with Crippen molar-refractivity contribution in [2.75, 3.05) is 4.90 Å². The van der Waals surface area contributed by atoms with Crippen LogP contribution in [0.2, 0.25) is 0 Å². The molecule has 0 saturated carbocycles. The summed E-state index contributed by atoms with van der Waals surface area (Å²) in [6, 6.07) is 72.3. The maximum absolute atomic E-state index is 7.33. The topological polar surface area (TPSA) is 16.4 Å². The summed E-state index contributed by atoms with van der Waals surface area (Å²) in [5.74, 6) is 0. The summed E-state index contributed by atoms with van der Waals surface area (Å²) < 4.78 is 7.33. The third-order valence-corrected chi connectivity index (χ3v) is 12.1. The fourth-order valence-electron chi connectivity index (χ4n) is 9.28. The molecule has 1 aliphatic rings. The van der Waals surface area contributed by atoms with Crippen LogP contribution in [0.5, 0.6) is 0 Å². The SMILES string of the molecule is CC1(C)c2ccccc2-c2ccc(-c3c4ccccc4cc4c3oc3c(N(c5ccc(-c6ccccc6)cc5)c5ccccc5-c5ccccc5)cccc34)cc21. The number of anilines is 3. The van der Waals surface area contributed by atoms with Crippen LogP contribution in [0.1, 0.15) is 25.0 Å². The number of para-hydroxylation sites is 2. The van der Waals surface area contributed by atoms with Gasteiger partial charge in [-0.25, -0.2) is 0 Å². The smallest absolute Gasteiger partial charge is 0.159 e. The van der Waals surface area contributed by atoms with Crippen LogP contribution in [0.4, 0.5) is 17.1 Å². The third kappa shape index (κ3) is 5.25. The van der Waals surface area contributed by atoms with E-state index in [1.54, 1.807) is 0 Å². The quantitative estimate of drug-likeness (QED) is 0.169. The minimum atomic E-state index is -0.116. The van der Waals surface area contributed by atoms with Crippen molar-refractivity contribution in [2.24, 2.45) is 0 Å². The van der Waals surface area contributed by atoms with Crippen LogP contribution < -0.4 is 4.90 Å². The van der Waals surface area contributed by atoms with Crippen molar-refractivity contribution < 1.29 is 4.42 Å². The Bertz CT molecular complexity index is 3140. The van der Waals surface area contributed by atoms with Gasteiger partial charge in [-0.1, -0.05) is 178 Å². The summed E-state index contributed by atoms with van der Waals surface area (Å²) >= 11 is 0. The Hall–Kier alpha value is -7.16. The Morgan fingerprint density at radius 3 is 1.79 bits per heavy atom. The Morgan fingerprint density at radius 1 is 0.386 bits per heavy atom. The average Bonchev–Trinajstić information content (AvgIpc) is 3.75. The van der Waals surface area contributed by atoms with Gasteiger partial charge in [-0.3, -0.25) is 0 Å². The van der Waals surface area contributed by atoms with Gasteiger partial charge in [0, 0.05) is 33.0 Å². The van der Waals surface area contributed by atoms with Gasteiger partial charge in [-0.15, -0.1) is 0 Å². The molecule has 10 aromatic rings. The molecule has 0 radical (unpaired) electrons. The Morgan fingerprint density at radius 2 is 0.982 bits per heavy atom. The van der Waals surface area contributed by atoms with E-state index in [1.165, 1.54) is 49.7 Å². The van der Waals surface area contributed by atoms with Crippen LogP contribution in [0, 0.1) is 0 Å². The van der Waals surface area contributed by atoms with Gasteiger partial charge in [0.2, 0.25) is 0 Å². The number of nitrogens with zero attached hydrogens (tertiary/aromatic N) is 1. The molecule has 1 aliphatic carbocycles. The van der Waals surface area contributed by atoms with E-state index in [1.807, 2.05) is 0 Å². The van der Waals surface area contributed by atoms with Gasteiger partial charge in [-0.2, -0.15) is 0 Å². The summed E-state index contributed by atoms with van der Waals surface area (Å²) in [6.07, 6.45) is 0. The maximum atomic E-state index is 7.33. The Kier molecular flexibility index (Phi) is 7.55. The van der Waals surface area contributed by atoms with Crippen molar-refractivity contribution in [3.05, 3.63) is 211 Å². The largest absolute Gasteiger partial charge is 0.453 e. The van der Waals surface area contributed by atoms with E-state index in [9.17, 15) is 0 Å². The zero-order valence-corrected chi connectivity index (χ0v) is 31.9. The molecule has 0 fully saturated rings. The van der Waals surface area contributed by atoms with E-state index in [0.29, 0.717) is 0 Å². The van der Waals surface area contributed by atoms with Crippen LogP contribution >= 0.6 is 0 Å². The summed E-state index contributed by atoms with van der Waals surface area (Å²) in [4.78, 5) is 2.37. The first kappa shape index (κ1) is 33.2. The normalized spacial score (nSPS) is 12.9. The molecule has 1 heterocycles. The second-order valence-electron chi connectivity index (χ2n) is 15.7. The molecule has 0 bridgehead atoms. The first-order valence-corrected chi connectivity index (χ1v) is 19.8. The van der Waals surface area contributed by atoms with Gasteiger partial charge in [0.15, 0.2) is 5.58 Å². The lowest BCUT2D eigenvalue weighted by molar-refractivity contribution is 0.660. The highest BCUT2D eigenvalue weighted by molar-refractivity contribution is 6.20. The van der Waals surface area contributed by atoms with Crippen LogP contribution in [-0.2, 0) is 5.41 Å². The zero-order valence-electron chi connectivity index (χ0n) is 31.9. The standard InChI is InChI=1S/C55H39NO/c1-55(2)48-25-13-11-23-44(48)45-33-30-40(35-49(45)55)52-43-22-10-9-20-39(43)34-47-46-24-15-27-51(53(46)57-54(47)52)56(41-31-28-37(29-32-41)36-16-5-3-6-17-36)50-26-14-12-21-42(50)38-18-7-4-8-19-38/h3-35H,1-2H3. The van der Waals surface area contributed by atoms with E-state index in [2.05, 4.69) is 219 Å². The van der Waals surface area contributed by atoms with Gasteiger partial charge in [-0.05, 0) is 91.7 Å². The summed E-state index contributed by atoms with van der Waals surface area (Å²) in [7, 11) is 0. The number of furan rings is 1. The molecular formula is C55H39NO. The number of hydrogen-bond acceptors (Lipinski definition) is 2. The Balaban J connectivity index is 1.16. The van der Waals surface area contributed by atoms with E-state index in [-0.39, 0.29) is 5.41 Å². The molecule has 2 nitrogen and oxygen atoms in total.